The summed E-state index contributed by atoms with van der Waals surface area (Å²) in [4.78, 5) is 11.8. The Labute approximate surface area is 191 Å². The zero-order valence-corrected chi connectivity index (χ0v) is 18.8. The molecule has 32 heavy (non-hydrogen) atoms. The Kier molecular flexibility index (Phi) is 7.69. The van der Waals surface area contributed by atoms with Gasteiger partial charge in [-0.05, 0) is 36.8 Å². The lowest BCUT2D eigenvalue weighted by molar-refractivity contribution is -0.120. The van der Waals surface area contributed by atoms with Gasteiger partial charge in [-0.25, -0.2) is 0 Å². The molecule has 2 aromatic carbocycles. The van der Waals surface area contributed by atoms with E-state index in [0.29, 0.717) is 22.0 Å². The van der Waals surface area contributed by atoms with E-state index in [-0.39, 0.29) is 31.1 Å². The van der Waals surface area contributed by atoms with Gasteiger partial charge in [0, 0.05) is 40.2 Å². The number of nitrogens with zero attached hydrogens (tertiary/aromatic N) is 1. The lowest BCUT2D eigenvalue weighted by Gasteiger charge is -2.22. The second-order valence-corrected chi connectivity index (χ2v) is 8.31. The van der Waals surface area contributed by atoms with Crippen LogP contribution < -0.4 is 10.5 Å². The van der Waals surface area contributed by atoms with Gasteiger partial charge in [-0.3, -0.25) is 4.79 Å². The van der Waals surface area contributed by atoms with Crippen LogP contribution in [0.15, 0.2) is 48.5 Å². The van der Waals surface area contributed by atoms with E-state index < -0.39 is 18.1 Å². The zero-order valence-electron chi connectivity index (χ0n) is 18.1. The molecule has 5 N–H and O–H groups in total. The quantitative estimate of drug-likeness (QED) is 0.348. The summed E-state index contributed by atoms with van der Waals surface area (Å²) in [5, 5.41) is 31.5. The number of hydrogen-bond donors (Lipinski definition) is 4. The van der Waals surface area contributed by atoms with E-state index in [1.54, 1.807) is 31.2 Å². The second-order valence-electron chi connectivity index (χ2n) is 7.87. The SMILES string of the molecule is CC(CC(=N)C(O)C(O)c1c(COc2ccc(Cl)cc2)n(C)c2ccccc12)C(=O)CN. The number of rotatable bonds is 10. The van der Waals surface area contributed by atoms with Crippen LogP contribution in [0.2, 0.25) is 5.02 Å². The summed E-state index contributed by atoms with van der Waals surface area (Å²) in [6.45, 7) is 1.68. The molecule has 0 amide bonds. The maximum Gasteiger partial charge on any atom is 0.149 e. The molecule has 170 valence electrons. The molecule has 3 rings (SSSR count). The van der Waals surface area contributed by atoms with Crippen LogP contribution in [0.25, 0.3) is 10.9 Å². The van der Waals surface area contributed by atoms with Gasteiger partial charge in [-0.1, -0.05) is 36.7 Å². The number of aliphatic hydroxyl groups is 2. The van der Waals surface area contributed by atoms with Crippen LogP contribution >= 0.6 is 11.6 Å². The van der Waals surface area contributed by atoms with E-state index in [1.807, 2.05) is 35.9 Å². The van der Waals surface area contributed by atoms with E-state index in [2.05, 4.69) is 0 Å². The number of hydrogen-bond acceptors (Lipinski definition) is 6. The predicted octanol–water partition coefficient (Wildman–Crippen LogP) is 3.38. The van der Waals surface area contributed by atoms with E-state index in [1.165, 1.54) is 0 Å². The highest BCUT2D eigenvalue weighted by Crippen LogP contribution is 2.34. The number of carbonyl (C=O) groups excluding carboxylic acids is 1. The Hall–Kier alpha value is -2.71. The first-order valence-electron chi connectivity index (χ1n) is 10.3. The predicted molar refractivity (Wildman–Crippen MR) is 125 cm³/mol. The van der Waals surface area contributed by atoms with Crippen molar-refractivity contribution in [2.75, 3.05) is 6.54 Å². The summed E-state index contributed by atoms with van der Waals surface area (Å²) >= 11 is 5.93. The number of aromatic nitrogens is 1. The average molecular weight is 458 g/mol. The zero-order chi connectivity index (χ0) is 23.4. The van der Waals surface area contributed by atoms with Crippen LogP contribution in [-0.4, -0.2) is 38.9 Å². The summed E-state index contributed by atoms with van der Waals surface area (Å²) in [7, 11) is 1.86. The Bertz CT molecular complexity index is 1110. The minimum absolute atomic E-state index is 0.0234. The van der Waals surface area contributed by atoms with Crippen molar-refractivity contribution in [3.05, 3.63) is 64.8 Å². The number of carbonyl (C=O) groups is 1. The molecule has 0 aliphatic carbocycles. The summed E-state index contributed by atoms with van der Waals surface area (Å²) in [6, 6.07) is 14.5. The van der Waals surface area contributed by atoms with Crippen molar-refractivity contribution < 1.29 is 19.7 Å². The van der Waals surface area contributed by atoms with Gasteiger partial charge in [0.05, 0.1) is 12.2 Å². The Balaban J connectivity index is 1.91. The lowest BCUT2D eigenvalue weighted by Crippen LogP contribution is -2.32. The summed E-state index contributed by atoms with van der Waals surface area (Å²) in [5.41, 5.74) is 7.30. The van der Waals surface area contributed by atoms with E-state index in [4.69, 9.17) is 27.5 Å². The van der Waals surface area contributed by atoms with Gasteiger partial charge in [0.25, 0.3) is 0 Å². The van der Waals surface area contributed by atoms with Gasteiger partial charge in [0.15, 0.2) is 0 Å². The maximum absolute atomic E-state index is 11.8. The Morgan fingerprint density at radius 3 is 2.50 bits per heavy atom. The Morgan fingerprint density at radius 2 is 1.84 bits per heavy atom. The van der Waals surface area contributed by atoms with Crippen molar-refractivity contribution in [1.82, 2.24) is 4.57 Å². The molecule has 0 fully saturated rings. The maximum atomic E-state index is 11.8. The van der Waals surface area contributed by atoms with Gasteiger partial charge in [-0.15, -0.1) is 0 Å². The smallest absolute Gasteiger partial charge is 0.149 e. The molecule has 0 spiro atoms. The minimum Gasteiger partial charge on any atom is -0.487 e. The van der Waals surface area contributed by atoms with Crippen molar-refractivity contribution in [2.24, 2.45) is 18.7 Å². The van der Waals surface area contributed by atoms with Crippen LogP contribution in [0.1, 0.15) is 30.7 Å². The van der Waals surface area contributed by atoms with Crippen LogP contribution in [0.4, 0.5) is 0 Å². The molecule has 3 aromatic rings. The van der Waals surface area contributed by atoms with Crippen LogP contribution in [0.5, 0.6) is 5.75 Å². The lowest BCUT2D eigenvalue weighted by atomic mass is 9.91. The average Bonchev–Trinajstić information content (AvgIpc) is 3.08. The van der Waals surface area contributed by atoms with E-state index in [9.17, 15) is 15.0 Å². The number of ketones is 1. The van der Waals surface area contributed by atoms with Crippen molar-refractivity contribution in [3.63, 3.8) is 0 Å². The molecular weight excluding hydrogens is 430 g/mol. The minimum atomic E-state index is -1.47. The normalized spacial score (nSPS) is 14.2. The first kappa shape index (κ1) is 23.9. The molecule has 8 heteroatoms. The largest absolute Gasteiger partial charge is 0.487 e. The number of benzene rings is 2. The number of fused-ring (bicyclic) bond motifs is 1. The molecule has 1 aromatic heterocycles. The first-order chi connectivity index (χ1) is 15.2. The Morgan fingerprint density at radius 1 is 1.19 bits per heavy atom. The van der Waals surface area contributed by atoms with E-state index in [0.717, 1.165) is 10.9 Å². The summed E-state index contributed by atoms with van der Waals surface area (Å²) in [5.74, 6) is -0.0873. The van der Waals surface area contributed by atoms with Crippen LogP contribution in [0, 0.1) is 11.3 Å². The number of nitrogens with two attached hydrogens (primary N) is 1. The molecule has 3 atom stereocenters. The molecule has 0 bridgehead atoms. The van der Waals surface area contributed by atoms with Crippen LogP contribution in [0.3, 0.4) is 0 Å². The van der Waals surface area contributed by atoms with Crippen LogP contribution in [-0.2, 0) is 18.4 Å². The molecule has 7 nitrogen and oxygen atoms in total. The monoisotopic (exact) mass is 457 g/mol. The second kappa shape index (κ2) is 10.3. The molecular formula is C24H28ClN3O4. The van der Waals surface area contributed by atoms with Gasteiger partial charge in [0.2, 0.25) is 0 Å². The molecule has 3 unspecified atom stereocenters. The number of Topliss-reactive ketones (excluding diaryl/α,β-unsaturated/α-hetero) is 1. The van der Waals surface area contributed by atoms with Crippen molar-refractivity contribution in [2.45, 2.75) is 32.2 Å². The molecule has 1 heterocycles. The summed E-state index contributed by atoms with van der Waals surface area (Å²) < 4.78 is 7.82. The van der Waals surface area contributed by atoms with Crippen molar-refractivity contribution in [3.8, 4) is 5.75 Å². The highest BCUT2D eigenvalue weighted by atomic mass is 35.5. The third-order valence-corrected chi connectivity index (χ3v) is 5.94. The highest BCUT2D eigenvalue weighted by Gasteiger charge is 2.30. The fourth-order valence-electron chi connectivity index (χ4n) is 3.78. The van der Waals surface area contributed by atoms with Crippen molar-refractivity contribution in [1.29, 1.82) is 5.41 Å². The number of halogens is 1. The highest BCUT2D eigenvalue weighted by molar-refractivity contribution is 6.30. The molecule has 0 aliphatic rings. The number of aliphatic hydroxyl groups excluding tert-OH is 2. The summed E-state index contributed by atoms with van der Waals surface area (Å²) in [6.07, 6.45) is -2.81. The topological polar surface area (TPSA) is 122 Å². The third kappa shape index (κ3) is 5.02. The van der Waals surface area contributed by atoms with Gasteiger partial charge < -0.3 is 30.7 Å². The molecule has 0 radical (unpaired) electrons. The molecule has 0 aliphatic heterocycles. The van der Waals surface area contributed by atoms with Gasteiger partial charge in [-0.2, -0.15) is 0 Å². The molecule has 0 saturated carbocycles. The third-order valence-electron chi connectivity index (χ3n) is 5.69. The van der Waals surface area contributed by atoms with Gasteiger partial charge in [0.1, 0.15) is 30.3 Å². The van der Waals surface area contributed by atoms with Crippen molar-refractivity contribution >= 4 is 34.0 Å². The first-order valence-corrected chi connectivity index (χ1v) is 10.7. The fourth-order valence-corrected chi connectivity index (χ4v) is 3.90. The number of nitrogens with one attached hydrogen (secondary N) is 1. The van der Waals surface area contributed by atoms with E-state index >= 15 is 0 Å². The number of aryl methyl sites for hydroxylation is 1. The fraction of sp³-hybridized carbons (Fsp3) is 0.333. The standard InChI is InChI=1S/C24H28ClN3O4/c1-14(21(29)12-26)11-18(27)23(30)24(31)22-17-5-3-4-6-19(17)28(2)20(22)13-32-16-9-7-15(25)8-10-16/h3-10,14,23-24,27,30-31H,11-13,26H2,1-2H3. The number of para-hydroxylation sites is 1. The van der Waals surface area contributed by atoms with Gasteiger partial charge >= 0.3 is 0 Å². The molecule has 0 saturated heterocycles. The number of ether oxygens (including phenoxy) is 1.